The first-order valence-electron chi connectivity index (χ1n) is 8.57. The second-order valence-electron chi connectivity index (χ2n) is 7.95. The van der Waals surface area contributed by atoms with Crippen LogP contribution in [0.4, 0.5) is 4.79 Å². The van der Waals surface area contributed by atoms with Crippen molar-refractivity contribution in [3.63, 3.8) is 0 Å². The van der Waals surface area contributed by atoms with E-state index < -0.39 is 5.60 Å². The smallest absolute Gasteiger partial charge is 0.407 e. The largest absolute Gasteiger partial charge is 0.444 e. The van der Waals surface area contributed by atoms with E-state index in [0.29, 0.717) is 24.5 Å². The molecule has 0 saturated carbocycles. The van der Waals surface area contributed by atoms with Crippen LogP contribution in [0.3, 0.4) is 0 Å². The van der Waals surface area contributed by atoms with Crippen molar-refractivity contribution in [2.45, 2.75) is 71.6 Å². The summed E-state index contributed by atoms with van der Waals surface area (Å²) in [6.07, 6.45) is 3.09. The van der Waals surface area contributed by atoms with Gasteiger partial charge in [-0.25, -0.2) is 4.79 Å². The summed E-state index contributed by atoms with van der Waals surface area (Å²) >= 11 is 0. The molecule has 5 heteroatoms. The van der Waals surface area contributed by atoms with Gasteiger partial charge in [-0.2, -0.15) is 0 Å². The molecule has 1 heterocycles. The number of hydrogen-bond donors (Lipinski definition) is 2. The van der Waals surface area contributed by atoms with E-state index in [2.05, 4.69) is 36.4 Å². The van der Waals surface area contributed by atoms with Crippen molar-refractivity contribution in [2.24, 2.45) is 5.92 Å². The highest BCUT2D eigenvalue weighted by Crippen LogP contribution is 2.12. The molecule has 1 unspecified atom stereocenters. The highest BCUT2D eigenvalue weighted by atomic mass is 16.6. The van der Waals surface area contributed by atoms with Crippen molar-refractivity contribution in [3.05, 3.63) is 0 Å². The van der Waals surface area contributed by atoms with Crippen molar-refractivity contribution in [1.82, 2.24) is 15.5 Å². The van der Waals surface area contributed by atoms with Crippen LogP contribution in [0.2, 0.25) is 0 Å². The minimum absolute atomic E-state index is 0.306. The van der Waals surface area contributed by atoms with Crippen LogP contribution in [-0.4, -0.2) is 55.4 Å². The third-order valence-corrected chi connectivity index (χ3v) is 3.84. The van der Waals surface area contributed by atoms with Crippen LogP contribution in [-0.2, 0) is 4.74 Å². The number of amides is 1. The number of carbonyl (C=O) groups excluding carboxylic acids is 1. The van der Waals surface area contributed by atoms with Gasteiger partial charge in [-0.3, -0.25) is 0 Å². The fraction of sp³-hybridized carbons (Fsp3) is 0.941. The van der Waals surface area contributed by atoms with Gasteiger partial charge in [-0.15, -0.1) is 0 Å². The van der Waals surface area contributed by atoms with Gasteiger partial charge in [-0.05, 0) is 66.1 Å². The average molecular weight is 313 g/mol. The molecule has 1 rings (SSSR count). The van der Waals surface area contributed by atoms with Crippen LogP contribution >= 0.6 is 0 Å². The van der Waals surface area contributed by atoms with E-state index in [0.717, 1.165) is 19.5 Å². The lowest BCUT2D eigenvalue weighted by Crippen LogP contribution is -2.50. The SMILES string of the molecule is CC(C)CC(CNC(=O)OC(C)(C)C)NC1CCN(C)CC1. The molecule has 0 aromatic carbocycles. The van der Waals surface area contributed by atoms with E-state index in [-0.39, 0.29) is 6.09 Å². The number of ether oxygens (including phenoxy) is 1. The topological polar surface area (TPSA) is 53.6 Å². The van der Waals surface area contributed by atoms with Gasteiger partial charge in [-0.1, -0.05) is 13.8 Å². The summed E-state index contributed by atoms with van der Waals surface area (Å²) in [7, 11) is 2.17. The van der Waals surface area contributed by atoms with Gasteiger partial charge in [0.25, 0.3) is 0 Å². The Morgan fingerprint density at radius 1 is 1.27 bits per heavy atom. The summed E-state index contributed by atoms with van der Waals surface area (Å²) in [4.78, 5) is 14.2. The van der Waals surface area contributed by atoms with Crippen LogP contribution < -0.4 is 10.6 Å². The number of rotatable bonds is 6. The third-order valence-electron chi connectivity index (χ3n) is 3.84. The van der Waals surface area contributed by atoms with E-state index >= 15 is 0 Å². The van der Waals surface area contributed by atoms with Crippen LogP contribution in [0.15, 0.2) is 0 Å². The van der Waals surface area contributed by atoms with Crippen LogP contribution in [0.1, 0.15) is 53.9 Å². The lowest BCUT2D eigenvalue weighted by Gasteiger charge is -2.33. The van der Waals surface area contributed by atoms with Gasteiger partial charge in [0.1, 0.15) is 5.60 Å². The average Bonchev–Trinajstić information content (AvgIpc) is 2.36. The zero-order chi connectivity index (χ0) is 16.8. The van der Waals surface area contributed by atoms with Crippen molar-refractivity contribution < 1.29 is 9.53 Å². The highest BCUT2D eigenvalue weighted by Gasteiger charge is 2.22. The predicted molar refractivity (Wildman–Crippen MR) is 91.1 cm³/mol. The van der Waals surface area contributed by atoms with E-state index in [9.17, 15) is 4.79 Å². The van der Waals surface area contributed by atoms with Gasteiger partial charge >= 0.3 is 6.09 Å². The number of piperidine rings is 1. The first-order chi connectivity index (χ1) is 10.2. The number of nitrogens with zero attached hydrogens (tertiary/aromatic N) is 1. The van der Waals surface area contributed by atoms with Gasteiger partial charge in [0, 0.05) is 18.6 Å². The molecule has 5 nitrogen and oxygen atoms in total. The van der Waals surface area contributed by atoms with E-state index in [1.54, 1.807) is 0 Å². The van der Waals surface area contributed by atoms with Gasteiger partial charge in [0.15, 0.2) is 0 Å². The first kappa shape index (κ1) is 19.2. The third kappa shape index (κ3) is 8.59. The number of nitrogens with one attached hydrogen (secondary N) is 2. The molecule has 1 fully saturated rings. The molecule has 1 atom stereocenters. The van der Waals surface area contributed by atoms with Gasteiger partial charge in [0.05, 0.1) is 0 Å². The summed E-state index contributed by atoms with van der Waals surface area (Å²) in [5.41, 5.74) is -0.445. The van der Waals surface area contributed by atoms with Crippen molar-refractivity contribution in [1.29, 1.82) is 0 Å². The monoisotopic (exact) mass is 313 g/mol. The Labute approximate surface area is 136 Å². The maximum atomic E-state index is 11.8. The van der Waals surface area contributed by atoms with E-state index in [1.165, 1.54) is 12.8 Å². The van der Waals surface area contributed by atoms with Gasteiger partial charge in [0.2, 0.25) is 0 Å². The molecule has 130 valence electrons. The molecule has 1 amide bonds. The Morgan fingerprint density at radius 3 is 2.36 bits per heavy atom. The molecular formula is C17H35N3O2. The normalized spacial score (nSPS) is 19.2. The molecular weight excluding hydrogens is 278 g/mol. The van der Waals surface area contributed by atoms with Crippen LogP contribution in [0, 0.1) is 5.92 Å². The molecule has 0 aromatic rings. The Balaban J connectivity index is 2.41. The lowest BCUT2D eigenvalue weighted by molar-refractivity contribution is 0.0519. The summed E-state index contributed by atoms with van der Waals surface area (Å²) in [5, 5.41) is 6.64. The molecule has 22 heavy (non-hydrogen) atoms. The molecule has 1 aliphatic heterocycles. The Morgan fingerprint density at radius 2 is 1.86 bits per heavy atom. The van der Waals surface area contributed by atoms with Crippen LogP contribution in [0.25, 0.3) is 0 Å². The second-order valence-corrected chi connectivity index (χ2v) is 7.95. The number of carbonyl (C=O) groups is 1. The maximum absolute atomic E-state index is 11.8. The number of alkyl carbamates (subject to hydrolysis) is 1. The second kappa shape index (κ2) is 8.73. The van der Waals surface area contributed by atoms with E-state index in [1.807, 2.05) is 20.8 Å². The van der Waals surface area contributed by atoms with Crippen molar-refractivity contribution in [3.8, 4) is 0 Å². The zero-order valence-electron chi connectivity index (χ0n) is 15.2. The summed E-state index contributed by atoms with van der Waals surface area (Å²) < 4.78 is 5.31. The minimum atomic E-state index is -0.445. The first-order valence-corrected chi connectivity index (χ1v) is 8.57. The lowest BCUT2D eigenvalue weighted by atomic mass is 9.99. The molecule has 0 spiro atoms. The molecule has 1 saturated heterocycles. The van der Waals surface area contributed by atoms with Crippen molar-refractivity contribution >= 4 is 6.09 Å². The Kier molecular flexibility index (Phi) is 7.63. The number of likely N-dealkylation sites (tertiary alicyclic amines) is 1. The Hall–Kier alpha value is -0.810. The maximum Gasteiger partial charge on any atom is 0.407 e. The molecule has 0 bridgehead atoms. The summed E-state index contributed by atoms with van der Waals surface area (Å²) in [5.74, 6) is 0.601. The summed E-state index contributed by atoms with van der Waals surface area (Å²) in [6, 6.07) is 0.862. The number of hydrogen-bond acceptors (Lipinski definition) is 4. The molecule has 0 aromatic heterocycles. The molecule has 2 N–H and O–H groups in total. The Bertz CT molecular complexity index is 331. The fourth-order valence-electron chi connectivity index (χ4n) is 2.81. The zero-order valence-corrected chi connectivity index (χ0v) is 15.2. The van der Waals surface area contributed by atoms with Gasteiger partial charge < -0.3 is 20.3 Å². The molecule has 0 radical (unpaired) electrons. The summed E-state index contributed by atoms with van der Waals surface area (Å²) in [6.45, 7) is 13.0. The van der Waals surface area contributed by atoms with Crippen molar-refractivity contribution in [2.75, 3.05) is 26.7 Å². The predicted octanol–water partition coefficient (Wildman–Crippen LogP) is 2.61. The minimum Gasteiger partial charge on any atom is -0.444 e. The molecule has 0 aliphatic carbocycles. The molecule has 1 aliphatic rings. The van der Waals surface area contributed by atoms with Crippen LogP contribution in [0.5, 0.6) is 0 Å². The highest BCUT2D eigenvalue weighted by molar-refractivity contribution is 5.67. The van der Waals surface area contributed by atoms with E-state index in [4.69, 9.17) is 4.74 Å². The quantitative estimate of drug-likeness (QED) is 0.791. The fourth-order valence-corrected chi connectivity index (χ4v) is 2.81. The standard InChI is InChI=1S/C17H35N3O2/c1-13(2)11-15(12-18-16(21)22-17(3,4)5)19-14-7-9-20(6)10-8-14/h13-15,19H,7-12H2,1-6H3,(H,18,21).